The minimum Gasteiger partial charge on any atom is -0.327 e. The van der Waals surface area contributed by atoms with Crippen LogP contribution in [-0.4, -0.2) is 15.6 Å². The fourth-order valence-corrected chi connectivity index (χ4v) is 3.26. The van der Waals surface area contributed by atoms with E-state index < -0.39 is 11.7 Å². The summed E-state index contributed by atoms with van der Waals surface area (Å²) in [7, 11) is 0. The second-order valence-corrected chi connectivity index (χ2v) is 6.76. The van der Waals surface area contributed by atoms with E-state index in [2.05, 4.69) is 26.2 Å². The molecule has 8 heteroatoms. The molecule has 0 bridgehead atoms. The van der Waals surface area contributed by atoms with Crippen LogP contribution in [0.5, 0.6) is 0 Å². The second kappa shape index (κ2) is 5.59. The van der Waals surface area contributed by atoms with Gasteiger partial charge in [0.1, 0.15) is 5.82 Å². The molecular weight excluding hydrogens is 399 g/mol. The van der Waals surface area contributed by atoms with Crippen LogP contribution in [0, 0.1) is 0 Å². The largest absolute Gasteiger partial charge is 0.416 e. The van der Waals surface area contributed by atoms with Gasteiger partial charge >= 0.3 is 12.2 Å². The summed E-state index contributed by atoms with van der Waals surface area (Å²) in [5, 5.41) is 2.83. The molecule has 2 heterocycles. The zero-order chi connectivity index (χ0) is 17.8. The number of alkyl halides is 3. The molecule has 4 rings (SSSR count). The molecule has 1 aliphatic rings. The van der Waals surface area contributed by atoms with Gasteiger partial charge in [-0.1, -0.05) is 28.1 Å². The Bertz CT molecular complexity index is 979. The van der Waals surface area contributed by atoms with E-state index in [1.807, 2.05) is 24.3 Å². The molecule has 0 saturated heterocycles. The maximum absolute atomic E-state index is 12.9. The molecular formula is C17H11BrF3N3O. The maximum Gasteiger partial charge on any atom is 0.416 e. The molecule has 1 aliphatic heterocycles. The lowest BCUT2D eigenvalue weighted by Gasteiger charge is -2.09. The number of fused-ring (bicyclic) bond motifs is 3. The monoisotopic (exact) mass is 409 g/mol. The predicted molar refractivity (Wildman–Crippen MR) is 89.3 cm³/mol. The Morgan fingerprint density at radius 2 is 1.88 bits per heavy atom. The fourth-order valence-electron chi connectivity index (χ4n) is 3.00. The number of halogens is 4. The van der Waals surface area contributed by atoms with Crippen LogP contribution in [0.4, 0.5) is 18.0 Å². The average Bonchev–Trinajstić information content (AvgIpc) is 3.06. The van der Waals surface area contributed by atoms with Crippen molar-refractivity contribution in [1.82, 2.24) is 14.9 Å². The van der Waals surface area contributed by atoms with Crippen molar-refractivity contribution in [1.29, 1.82) is 0 Å². The lowest BCUT2D eigenvalue weighted by molar-refractivity contribution is -0.137. The van der Waals surface area contributed by atoms with Crippen LogP contribution in [0.15, 0.2) is 46.9 Å². The van der Waals surface area contributed by atoms with Crippen molar-refractivity contribution in [3.8, 4) is 0 Å². The van der Waals surface area contributed by atoms with Gasteiger partial charge in [-0.3, -0.25) is 0 Å². The van der Waals surface area contributed by atoms with Gasteiger partial charge in [0.2, 0.25) is 0 Å². The van der Waals surface area contributed by atoms with Crippen molar-refractivity contribution in [3.63, 3.8) is 0 Å². The molecule has 4 nitrogen and oxygen atoms in total. The third-order valence-electron chi connectivity index (χ3n) is 4.17. The number of nitrogens with one attached hydrogen (secondary N) is 1. The van der Waals surface area contributed by atoms with E-state index in [1.54, 1.807) is 0 Å². The number of benzene rings is 2. The molecule has 128 valence electrons. The molecule has 1 aromatic heterocycles. The third-order valence-corrected chi connectivity index (χ3v) is 4.70. The van der Waals surface area contributed by atoms with Gasteiger partial charge in [0, 0.05) is 4.47 Å². The fraction of sp³-hybridized carbons (Fsp3) is 0.176. The highest BCUT2D eigenvalue weighted by Gasteiger charge is 2.35. The molecule has 0 saturated carbocycles. The van der Waals surface area contributed by atoms with Crippen LogP contribution in [0.25, 0.3) is 11.0 Å². The number of carbonyl (C=O) groups excluding carboxylic acids is 1. The van der Waals surface area contributed by atoms with Gasteiger partial charge in [-0.25, -0.2) is 14.3 Å². The van der Waals surface area contributed by atoms with E-state index >= 15 is 0 Å². The smallest absolute Gasteiger partial charge is 0.327 e. The SMILES string of the molecule is O=C1N[C@H](Cc2ccc(Br)cc2)c2nc3cc(C(F)(F)F)ccc3n21. The Hall–Kier alpha value is -2.35. The van der Waals surface area contributed by atoms with Crippen molar-refractivity contribution in [2.75, 3.05) is 0 Å². The molecule has 1 N–H and O–H groups in total. The van der Waals surface area contributed by atoms with Gasteiger partial charge in [-0.05, 0) is 42.3 Å². The van der Waals surface area contributed by atoms with Gasteiger partial charge in [-0.15, -0.1) is 0 Å². The number of amides is 1. The maximum atomic E-state index is 12.9. The van der Waals surface area contributed by atoms with Crippen molar-refractivity contribution in [2.24, 2.45) is 0 Å². The molecule has 0 fully saturated rings. The molecule has 0 spiro atoms. The van der Waals surface area contributed by atoms with E-state index in [9.17, 15) is 18.0 Å². The summed E-state index contributed by atoms with van der Waals surface area (Å²) in [6, 6.07) is 10.1. The summed E-state index contributed by atoms with van der Waals surface area (Å²) in [4.78, 5) is 16.5. The lowest BCUT2D eigenvalue weighted by atomic mass is 10.1. The van der Waals surface area contributed by atoms with Gasteiger partial charge in [0.05, 0.1) is 22.6 Å². The standard InChI is InChI=1S/C17H11BrF3N3O/c18-11-4-1-9(2-5-11)7-13-15-22-12-8-10(17(19,20)21)3-6-14(12)24(15)16(25)23-13/h1-6,8,13H,7H2,(H,23,25)/t13-/m1/s1. The Labute approximate surface area is 148 Å². The topological polar surface area (TPSA) is 46.9 Å². The van der Waals surface area contributed by atoms with E-state index in [0.29, 0.717) is 17.8 Å². The zero-order valence-corrected chi connectivity index (χ0v) is 14.2. The Morgan fingerprint density at radius 3 is 2.56 bits per heavy atom. The molecule has 0 radical (unpaired) electrons. The van der Waals surface area contributed by atoms with E-state index in [-0.39, 0.29) is 17.6 Å². The molecule has 1 amide bonds. The average molecular weight is 410 g/mol. The van der Waals surface area contributed by atoms with Gasteiger partial charge in [0.15, 0.2) is 0 Å². The van der Waals surface area contributed by atoms with Gasteiger partial charge < -0.3 is 5.32 Å². The van der Waals surface area contributed by atoms with Crippen LogP contribution in [-0.2, 0) is 12.6 Å². The summed E-state index contributed by atoms with van der Waals surface area (Å²) in [5.41, 5.74) is 0.755. The second-order valence-electron chi connectivity index (χ2n) is 5.84. The molecule has 2 aromatic carbocycles. The first kappa shape index (κ1) is 16.1. The van der Waals surface area contributed by atoms with E-state index in [0.717, 1.165) is 22.2 Å². The van der Waals surface area contributed by atoms with Gasteiger partial charge in [-0.2, -0.15) is 13.2 Å². The third kappa shape index (κ3) is 2.80. The van der Waals surface area contributed by atoms with E-state index in [1.165, 1.54) is 10.6 Å². The lowest BCUT2D eigenvalue weighted by Crippen LogP contribution is -2.22. The summed E-state index contributed by atoms with van der Waals surface area (Å²) in [5.74, 6) is 0.433. The highest BCUT2D eigenvalue weighted by Crippen LogP contribution is 2.34. The Balaban J connectivity index is 1.74. The summed E-state index contributed by atoms with van der Waals surface area (Å²) in [6.07, 6.45) is -3.93. The zero-order valence-electron chi connectivity index (χ0n) is 12.6. The first-order valence-electron chi connectivity index (χ1n) is 7.48. The van der Waals surface area contributed by atoms with Crippen molar-refractivity contribution in [3.05, 3.63) is 63.9 Å². The highest BCUT2D eigenvalue weighted by molar-refractivity contribution is 9.10. The van der Waals surface area contributed by atoms with Crippen molar-refractivity contribution >= 4 is 33.0 Å². The minimum atomic E-state index is -4.44. The number of imidazole rings is 1. The van der Waals surface area contributed by atoms with Crippen molar-refractivity contribution < 1.29 is 18.0 Å². The van der Waals surface area contributed by atoms with Crippen LogP contribution in [0.2, 0.25) is 0 Å². The normalized spacial score (nSPS) is 17.0. The van der Waals surface area contributed by atoms with Crippen LogP contribution < -0.4 is 5.32 Å². The van der Waals surface area contributed by atoms with Crippen LogP contribution in [0.1, 0.15) is 23.0 Å². The molecule has 25 heavy (non-hydrogen) atoms. The molecule has 0 aliphatic carbocycles. The van der Waals surface area contributed by atoms with Gasteiger partial charge in [0.25, 0.3) is 0 Å². The van der Waals surface area contributed by atoms with Crippen LogP contribution in [0.3, 0.4) is 0 Å². The number of hydrogen-bond donors (Lipinski definition) is 1. The number of carbonyl (C=O) groups is 1. The first-order chi connectivity index (χ1) is 11.8. The summed E-state index contributed by atoms with van der Waals surface area (Å²) < 4.78 is 40.9. The van der Waals surface area contributed by atoms with Crippen LogP contribution >= 0.6 is 15.9 Å². The first-order valence-corrected chi connectivity index (χ1v) is 8.27. The minimum absolute atomic E-state index is 0.167. The molecule has 3 aromatic rings. The quantitative estimate of drug-likeness (QED) is 0.668. The Morgan fingerprint density at radius 1 is 1.16 bits per heavy atom. The number of nitrogens with zero attached hydrogens (tertiary/aromatic N) is 2. The number of rotatable bonds is 2. The number of hydrogen-bond acceptors (Lipinski definition) is 2. The summed E-state index contributed by atoms with van der Waals surface area (Å²) in [6.45, 7) is 0. The summed E-state index contributed by atoms with van der Waals surface area (Å²) >= 11 is 3.36. The molecule has 0 unspecified atom stereocenters. The van der Waals surface area contributed by atoms with Crippen molar-refractivity contribution in [2.45, 2.75) is 18.6 Å². The highest BCUT2D eigenvalue weighted by atomic mass is 79.9. The Kier molecular flexibility index (Phi) is 3.61. The predicted octanol–water partition coefficient (Wildman–Crippen LogP) is 4.67. The molecule has 1 atom stereocenters. The van der Waals surface area contributed by atoms with E-state index in [4.69, 9.17) is 0 Å². The number of aromatic nitrogens is 2.